The summed E-state index contributed by atoms with van der Waals surface area (Å²) in [4.78, 5) is 28.5. The van der Waals surface area contributed by atoms with Crippen molar-refractivity contribution < 1.29 is 14.0 Å². The minimum absolute atomic E-state index is 0.0126. The van der Waals surface area contributed by atoms with Gasteiger partial charge in [-0.15, -0.1) is 0 Å². The first-order valence-corrected chi connectivity index (χ1v) is 9.60. The molecule has 0 bridgehead atoms. The van der Waals surface area contributed by atoms with E-state index in [1.807, 2.05) is 12.1 Å². The highest BCUT2D eigenvalue weighted by Gasteiger charge is 2.21. The van der Waals surface area contributed by atoms with Gasteiger partial charge in [0.1, 0.15) is 5.82 Å². The molecule has 2 aromatic rings. The van der Waals surface area contributed by atoms with Crippen LogP contribution in [0.3, 0.4) is 0 Å². The van der Waals surface area contributed by atoms with Gasteiger partial charge in [0.25, 0.3) is 5.91 Å². The fourth-order valence-corrected chi connectivity index (χ4v) is 3.26. The Morgan fingerprint density at radius 2 is 1.57 bits per heavy atom. The van der Waals surface area contributed by atoms with E-state index >= 15 is 0 Å². The van der Waals surface area contributed by atoms with E-state index in [-0.39, 0.29) is 24.2 Å². The molecule has 1 N–H and O–H groups in total. The van der Waals surface area contributed by atoms with E-state index in [9.17, 15) is 14.0 Å². The molecule has 28 heavy (non-hydrogen) atoms. The number of halogens is 1. The number of benzene rings is 2. The van der Waals surface area contributed by atoms with Gasteiger partial charge in [-0.3, -0.25) is 9.59 Å². The summed E-state index contributed by atoms with van der Waals surface area (Å²) in [6.45, 7) is 6.71. The normalized spacial score (nSPS) is 14.3. The number of hydrogen-bond acceptors (Lipinski definition) is 3. The van der Waals surface area contributed by atoms with Crippen LogP contribution in [0.2, 0.25) is 0 Å². The molecule has 1 fully saturated rings. The van der Waals surface area contributed by atoms with E-state index in [0.29, 0.717) is 37.7 Å². The van der Waals surface area contributed by atoms with E-state index in [1.54, 1.807) is 29.2 Å². The van der Waals surface area contributed by atoms with Crippen LogP contribution in [0.25, 0.3) is 0 Å². The molecule has 1 saturated heterocycles. The zero-order valence-corrected chi connectivity index (χ0v) is 16.3. The Bertz CT molecular complexity index is 811. The summed E-state index contributed by atoms with van der Waals surface area (Å²) >= 11 is 0. The van der Waals surface area contributed by atoms with E-state index in [4.69, 9.17) is 0 Å². The molecule has 2 amide bonds. The zero-order chi connectivity index (χ0) is 20.1. The minimum Gasteiger partial charge on any atom is -0.368 e. The summed E-state index contributed by atoms with van der Waals surface area (Å²) in [6, 6.07) is 13.8. The topological polar surface area (TPSA) is 52.7 Å². The van der Waals surface area contributed by atoms with Crippen molar-refractivity contribution in [1.29, 1.82) is 0 Å². The molecule has 0 spiro atoms. The number of piperazine rings is 1. The highest BCUT2D eigenvalue weighted by Crippen LogP contribution is 2.17. The average Bonchev–Trinajstić information content (AvgIpc) is 2.72. The fourth-order valence-electron chi connectivity index (χ4n) is 3.26. The third kappa shape index (κ3) is 4.88. The number of carbonyl (C=O) groups is 2. The number of rotatable bonds is 5. The predicted molar refractivity (Wildman–Crippen MR) is 108 cm³/mol. The lowest BCUT2D eigenvalue weighted by Gasteiger charge is -2.36. The van der Waals surface area contributed by atoms with Crippen molar-refractivity contribution >= 4 is 17.5 Å². The van der Waals surface area contributed by atoms with Crippen LogP contribution in [0.15, 0.2) is 48.5 Å². The van der Waals surface area contributed by atoms with Gasteiger partial charge in [0.2, 0.25) is 5.91 Å². The summed E-state index contributed by atoms with van der Waals surface area (Å²) in [5.41, 5.74) is 2.68. The number of nitrogens with zero attached hydrogens (tertiary/aromatic N) is 2. The monoisotopic (exact) mass is 383 g/mol. The smallest absolute Gasteiger partial charge is 0.251 e. The van der Waals surface area contributed by atoms with E-state index in [2.05, 4.69) is 24.1 Å². The summed E-state index contributed by atoms with van der Waals surface area (Å²) in [6.07, 6.45) is 0. The Hall–Kier alpha value is -2.89. The molecule has 1 aliphatic rings. The summed E-state index contributed by atoms with van der Waals surface area (Å²) in [5, 5.41) is 2.71. The van der Waals surface area contributed by atoms with Crippen molar-refractivity contribution in [3.05, 3.63) is 65.5 Å². The van der Waals surface area contributed by atoms with Gasteiger partial charge in [-0.25, -0.2) is 4.39 Å². The van der Waals surface area contributed by atoms with Crippen LogP contribution in [0.5, 0.6) is 0 Å². The molecule has 1 aliphatic heterocycles. The Morgan fingerprint density at radius 1 is 0.964 bits per heavy atom. The van der Waals surface area contributed by atoms with Gasteiger partial charge in [-0.1, -0.05) is 26.0 Å². The van der Waals surface area contributed by atoms with Crippen molar-refractivity contribution in [2.24, 2.45) is 0 Å². The standard InChI is InChI=1S/C22H26FN3O2/c1-16(2)17-3-5-18(6-4-17)22(28)24-15-21(27)26-13-11-25(12-14-26)20-9-7-19(23)8-10-20/h3-10,16H,11-15H2,1-2H3,(H,24,28). The van der Waals surface area contributed by atoms with Crippen LogP contribution in [0.4, 0.5) is 10.1 Å². The number of anilines is 1. The molecule has 0 aromatic heterocycles. The molecule has 2 aromatic carbocycles. The van der Waals surface area contributed by atoms with Gasteiger partial charge in [-0.2, -0.15) is 0 Å². The molecule has 148 valence electrons. The highest BCUT2D eigenvalue weighted by molar-refractivity contribution is 5.96. The Labute approximate surface area is 165 Å². The molecular formula is C22H26FN3O2. The first-order chi connectivity index (χ1) is 13.4. The van der Waals surface area contributed by atoms with Gasteiger partial charge in [0, 0.05) is 37.4 Å². The van der Waals surface area contributed by atoms with E-state index in [1.165, 1.54) is 17.7 Å². The van der Waals surface area contributed by atoms with E-state index in [0.717, 1.165) is 5.69 Å². The van der Waals surface area contributed by atoms with Gasteiger partial charge in [0.05, 0.1) is 6.54 Å². The van der Waals surface area contributed by atoms with Crippen molar-refractivity contribution in [3.63, 3.8) is 0 Å². The van der Waals surface area contributed by atoms with Crippen LogP contribution in [-0.4, -0.2) is 49.4 Å². The lowest BCUT2D eigenvalue weighted by molar-refractivity contribution is -0.130. The number of hydrogen-bond donors (Lipinski definition) is 1. The van der Waals surface area contributed by atoms with Crippen LogP contribution in [0, 0.1) is 5.82 Å². The van der Waals surface area contributed by atoms with Gasteiger partial charge < -0.3 is 15.1 Å². The van der Waals surface area contributed by atoms with Gasteiger partial charge >= 0.3 is 0 Å². The van der Waals surface area contributed by atoms with Crippen LogP contribution in [0.1, 0.15) is 35.7 Å². The SMILES string of the molecule is CC(C)c1ccc(C(=O)NCC(=O)N2CCN(c3ccc(F)cc3)CC2)cc1. The third-order valence-electron chi connectivity index (χ3n) is 5.06. The van der Waals surface area contributed by atoms with Crippen molar-refractivity contribution in [3.8, 4) is 0 Å². The largest absolute Gasteiger partial charge is 0.368 e. The highest BCUT2D eigenvalue weighted by atomic mass is 19.1. The van der Waals surface area contributed by atoms with Crippen molar-refractivity contribution in [2.45, 2.75) is 19.8 Å². The Kier molecular flexibility index (Phi) is 6.29. The minimum atomic E-state index is -0.257. The lowest BCUT2D eigenvalue weighted by atomic mass is 10.0. The number of carbonyl (C=O) groups excluding carboxylic acids is 2. The predicted octanol–water partition coefficient (Wildman–Crippen LogP) is 3.03. The number of nitrogens with one attached hydrogen (secondary N) is 1. The summed E-state index contributed by atoms with van der Waals surface area (Å²) in [7, 11) is 0. The number of amides is 2. The van der Waals surface area contributed by atoms with Crippen molar-refractivity contribution in [2.75, 3.05) is 37.6 Å². The second-order valence-corrected chi connectivity index (χ2v) is 7.30. The molecule has 5 nitrogen and oxygen atoms in total. The summed E-state index contributed by atoms with van der Waals surface area (Å²) < 4.78 is 13.0. The first kappa shape index (κ1) is 19.9. The molecule has 0 aliphatic carbocycles. The molecular weight excluding hydrogens is 357 g/mol. The van der Waals surface area contributed by atoms with Gasteiger partial charge in [0.15, 0.2) is 0 Å². The first-order valence-electron chi connectivity index (χ1n) is 9.60. The molecule has 0 atom stereocenters. The Balaban J connectivity index is 1.46. The van der Waals surface area contributed by atoms with Crippen molar-refractivity contribution in [1.82, 2.24) is 10.2 Å². The molecule has 6 heteroatoms. The van der Waals surface area contributed by atoms with Crippen LogP contribution in [-0.2, 0) is 4.79 Å². The average molecular weight is 383 g/mol. The third-order valence-corrected chi connectivity index (χ3v) is 5.06. The zero-order valence-electron chi connectivity index (χ0n) is 16.3. The fraction of sp³-hybridized carbons (Fsp3) is 0.364. The summed E-state index contributed by atoms with van der Waals surface area (Å²) in [5.74, 6) is -0.182. The quantitative estimate of drug-likeness (QED) is 0.864. The van der Waals surface area contributed by atoms with Crippen LogP contribution >= 0.6 is 0 Å². The lowest BCUT2D eigenvalue weighted by Crippen LogP contribution is -2.51. The second kappa shape index (κ2) is 8.87. The Morgan fingerprint density at radius 3 is 2.14 bits per heavy atom. The maximum atomic E-state index is 13.0. The second-order valence-electron chi connectivity index (χ2n) is 7.30. The molecule has 0 unspecified atom stereocenters. The maximum Gasteiger partial charge on any atom is 0.251 e. The molecule has 1 heterocycles. The van der Waals surface area contributed by atoms with Crippen LogP contribution < -0.4 is 10.2 Å². The van der Waals surface area contributed by atoms with Gasteiger partial charge in [-0.05, 0) is 47.9 Å². The molecule has 0 radical (unpaired) electrons. The molecule has 3 rings (SSSR count). The van der Waals surface area contributed by atoms with E-state index < -0.39 is 0 Å². The maximum absolute atomic E-state index is 13.0. The molecule has 0 saturated carbocycles.